The molecule has 0 bridgehead atoms. The number of nitrogens with zero attached hydrogens (tertiary/aromatic N) is 1. The van der Waals surface area contributed by atoms with Gasteiger partial charge >= 0.3 is 0 Å². The summed E-state index contributed by atoms with van der Waals surface area (Å²) in [6, 6.07) is 15.1. The zero-order valence-electron chi connectivity index (χ0n) is 14.9. The Balaban J connectivity index is 1.60. The van der Waals surface area contributed by atoms with Gasteiger partial charge in [0.05, 0.1) is 5.92 Å². The van der Waals surface area contributed by atoms with E-state index in [1.54, 1.807) is 4.90 Å². The lowest BCUT2D eigenvalue weighted by molar-refractivity contribution is -0.126. The van der Waals surface area contributed by atoms with Gasteiger partial charge in [-0.05, 0) is 43.5 Å². The summed E-state index contributed by atoms with van der Waals surface area (Å²) in [4.78, 5) is 27.1. The molecule has 2 amide bonds. The van der Waals surface area contributed by atoms with Crippen LogP contribution >= 0.6 is 11.6 Å². The van der Waals surface area contributed by atoms with Gasteiger partial charge in [-0.1, -0.05) is 47.5 Å². The number of hydrogen-bond donors (Lipinski definition) is 1. The predicted octanol–water partition coefficient (Wildman–Crippen LogP) is 3.82. The summed E-state index contributed by atoms with van der Waals surface area (Å²) in [7, 11) is 0. The number of carbonyl (C=O) groups excluding carboxylic acids is 2. The van der Waals surface area contributed by atoms with Gasteiger partial charge in [0.25, 0.3) is 5.91 Å². The van der Waals surface area contributed by atoms with Gasteiger partial charge in [-0.2, -0.15) is 0 Å². The maximum Gasteiger partial charge on any atom is 0.253 e. The number of amides is 2. The molecule has 2 aromatic rings. The van der Waals surface area contributed by atoms with Crippen molar-refractivity contribution >= 4 is 23.4 Å². The van der Waals surface area contributed by atoms with Crippen molar-refractivity contribution in [1.29, 1.82) is 0 Å². The molecule has 4 nitrogen and oxygen atoms in total. The Bertz CT molecular complexity index is 806. The fourth-order valence-electron chi connectivity index (χ4n) is 3.30. The molecular formula is C21H23ClN2O2. The molecule has 1 N–H and O–H groups in total. The number of aryl methyl sites for hydroxylation is 1. The van der Waals surface area contributed by atoms with E-state index in [0.29, 0.717) is 30.2 Å². The largest absolute Gasteiger partial charge is 0.352 e. The SMILES string of the molecule is Cc1cccc(C(=O)N2CCCC(C(=O)NCc3ccccc3Cl)C2)c1. The fraction of sp³-hybridized carbons (Fsp3) is 0.333. The predicted molar refractivity (Wildman–Crippen MR) is 103 cm³/mol. The first kappa shape index (κ1) is 18.5. The highest BCUT2D eigenvalue weighted by Crippen LogP contribution is 2.20. The lowest BCUT2D eigenvalue weighted by Gasteiger charge is -2.32. The van der Waals surface area contributed by atoms with E-state index in [2.05, 4.69) is 5.32 Å². The molecule has 0 aliphatic carbocycles. The third-order valence-corrected chi connectivity index (χ3v) is 5.12. The van der Waals surface area contributed by atoms with E-state index >= 15 is 0 Å². The first-order chi connectivity index (χ1) is 12.5. The van der Waals surface area contributed by atoms with Crippen molar-refractivity contribution in [2.75, 3.05) is 13.1 Å². The number of carbonyl (C=O) groups is 2. The van der Waals surface area contributed by atoms with Crippen LogP contribution in [0.15, 0.2) is 48.5 Å². The molecule has 3 rings (SSSR count). The van der Waals surface area contributed by atoms with Gasteiger partial charge < -0.3 is 10.2 Å². The molecule has 1 aliphatic rings. The summed E-state index contributed by atoms with van der Waals surface area (Å²) in [6.45, 7) is 3.53. The molecule has 0 saturated carbocycles. The van der Waals surface area contributed by atoms with Crippen molar-refractivity contribution in [3.63, 3.8) is 0 Å². The van der Waals surface area contributed by atoms with Gasteiger partial charge in [-0.3, -0.25) is 9.59 Å². The molecule has 1 fully saturated rings. The Morgan fingerprint density at radius 3 is 2.77 bits per heavy atom. The lowest BCUT2D eigenvalue weighted by Crippen LogP contribution is -2.45. The molecule has 1 heterocycles. The molecule has 26 heavy (non-hydrogen) atoms. The van der Waals surface area contributed by atoms with Crippen molar-refractivity contribution in [1.82, 2.24) is 10.2 Å². The van der Waals surface area contributed by atoms with Crippen molar-refractivity contribution < 1.29 is 9.59 Å². The topological polar surface area (TPSA) is 49.4 Å². The minimum Gasteiger partial charge on any atom is -0.352 e. The standard InChI is InChI=1S/C21H23ClN2O2/c1-15-6-4-8-16(12-15)21(26)24-11-5-9-18(14-24)20(25)23-13-17-7-2-3-10-19(17)22/h2-4,6-8,10,12,18H,5,9,11,13-14H2,1H3,(H,23,25). The first-order valence-corrected chi connectivity index (χ1v) is 9.29. The van der Waals surface area contributed by atoms with E-state index in [1.807, 2.05) is 55.5 Å². The quantitative estimate of drug-likeness (QED) is 0.889. The second-order valence-corrected chi connectivity index (χ2v) is 7.18. The lowest BCUT2D eigenvalue weighted by atomic mass is 9.96. The highest BCUT2D eigenvalue weighted by atomic mass is 35.5. The van der Waals surface area contributed by atoms with Crippen LogP contribution in [0.3, 0.4) is 0 Å². The normalized spacial score (nSPS) is 17.0. The molecule has 2 aromatic carbocycles. The van der Waals surface area contributed by atoms with E-state index in [9.17, 15) is 9.59 Å². The summed E-state index contributed by atoms with van der Waals surface area (Å²) < 4.78 is 0. The molecule has 0 radical (unpaired) electrons. The van der Waals surface area contributed by atoms with E-state index < -0.39 is 0 Å². The Labute approximate surface area is 159 Å². The molecule has 1 aliphatic heterocycles. The summed E-state index contributed by atoms with van der Waals surface area (Å²) in [5.74, 6) is -0.205. The minimum absolute atomic E-state index is 0.00250. The zero-order chi connectivity index (χ0) is 18.5. The van der Waals surface area contributed by atoms with Gasteiger partial charge in [-0.15, -0.1) is 0 Å². The second kappa shape index (κ2) is 8.37. The van der Waals surface area contributed by atoms with Crippen LogP contribution < -0.4 is 5.32 Å². The Morgan fingerprint density at radius 1 is 1.19 bits per heavy atom. The number of hydrogen-bond acceptors (Lipinski definition) is 2. The van der Waals surface area contributed by atoms with Crippen LogP contribution in [-0.4, -0.2) is 29.8 Å². The van der Waals surface area contributed by atoms with Crippen LogP contribution in [0.5, 0.6) is 0 Å². The average molecular weight is 371 g/mol. The summed E-state index contributed by atoms with van der Waals surface area (Å²) in [5, 5.41) is 3.60. The highest BCUT2D eigenvalue weighted by molar-refractivity contribution is 6.31. The van der Waals surface area contributed by atoms with Crippen molar-refractivity contribution in [3.05, 3.63) is 70.2 Å². The molecule has 136 valence electrons. The number of benzene rings is 2. The maximum atomic E-state index is 12.7. The Morgan fingerprint density at radius 2 is 2.00 bits per heavy atom. The van der Waals surface area contributed by atoms with Crippen molar-refractivity contribution in [2.24, 2.45) is 5.92 Å². The maximum absolute atomic E-state index is 12.7. The van der Waals surface area contributed by atoms with E-state index in [1.165, 1.54) is 0 Å². The third-order valence-electron chi connectivity index (χ3n) is 4.76. The smallest absolute Gasteiger partial charge is 0.253 e. The second-order valence-electron chi connectivity index (χ2n) is 6.77. The molecule has 1 unspecified atom stereocenters. The van der Waals surface area contributed by atoms with Crippen molar-refractivity contribution in [2.45, 2.75) is 26.3 Å². The molecule has 0 spiro atoms. The Kier molecular flexibility index (Phi) is 5.94. The summed E-state index contributed by atoms with van der Waals surface area (Å²) >= 11 is 6.13. The highest BCUT2D eigenvalue weighted by Gasteiger charge is 2.28. The van der Waals surface area contributed by atoms with Crippen LogP contribution in [0.2, 0.25) is 5.02 Å². The first-order valence-electron chi connectivity index (χ1n) is 8.91. The van der Waals surface area contributed by atoms with Crippen LogP contribution in [0, 0.1) is 12.8 Å². The number of nitrogens with one attached hydrogen (secondary N) is 1. The van der Waals surface area contributed by atoms with Gasteiger partial charge in [0.15, 0.2) is 0 Å². The average Bonchev–Trinajstić information content (AvgIpc) is 2.66. The van der Waals surface area contributed by atoms with Gasteiger partial charge in [0.2, 0.25) is 5.91 Å². The molecule has 5 heteroatoms. The van der Waals surface area contributed by atoms with E-state index in [-0.39, 0.29) is 17.7 Å². The van der Waals surface area contributed by atoms with Gasteiger partial charge in [-0.25, -0.2) is 0 Å². The minimum atomic E-state index is -0.181. The number of piperidine rings is 1. The molecular weight excluding hydrogens is 348 g/mol. The third kappa shape index (κ3) is 4.44. The summed E-state index contributed by atoms with van der Waals surface area (Å²) in [5.41, 5.74) is 2.63. The van der Waals surface area contributed by atoms with E-state index in [4.69, 9.17) is 11.6 Å². The van der Waals surface area contributed by atoms with Gasteiger partial charge in [0, 0.05) is 30.2 Å². The molecule has 0 aromatic heterocycles. The Hall–Kier alpha value is -2.33. The van der Waals surface area contributed by atoms with Crippen LogP contribution in [0.25, 0.3) is 0 Å². The van der Waals surface area contributed by atoms with Crippen LogP contribution in [0.1, 0.15) is 34.3 Å². The molecule has 1 saturated heterocycles. The van der Waals surface area contributed by atoms with Crippen molar-refractivity contribution in [3.8, 4) is 0 Å². The summed E-state index contributed by atoms with van der Waals surface area (Å²) in [6.07, 6.45) is 1.63. The molecule has 1 atom stereocenters. The fourth-order valence-corrected chi connectivity index (χ4v) is 3.51. The van der Waals surface area contributed by atoms with E-state index in [0.717, 1.165) is 24.0 Å². The van der Waals surface area contributed by atoms with Crippen LogP contribution in [0.4, 0.5) is 0 Å². The monoisotopic (exact) mass is 370 g/mol. The zero-order valence-corrected chi connectivity index (χ0v) is 15.6. The van der Waals surface area contributed by atoms with Crippen LogP contribution in [-0.2, 0) is 11.3 Å². The number of rotatable bonds is 4. The van der Waals surface area contributed by atoms with Gasteiger partial charge in [0.1, 0.15) is 0 Å². The number of likely N-dealkylation sites (tertiary alicyclic amines) is 1. The number of halogens is 1.